The third kappa shape index (κ3) is 2.47. The molecule has 2 saturated carbocycles. The zero-order valence-corrected chi connectivity index (χ0v) is 11.3. The smallest absolute Gasteiger partial charge is 0.0444 e. The highest BCUT2D eigenvalue weighted by Gasteiger charge is 2.46. The van der Waals surface area contributed by atoms with Crippen LogP contribution in [0.25, 0.3) is 0 Å². The van der Waals surface area contributed by atoms with Crippen LogP contribution in [0.15, 0.2) is 29.5 Å². The molecule has 0 aliphatic heterocycles. The Bertz CT molecular complexity index is 395. The van der Waals surface area contributed by atoms with Crippen molar-refractivity contribution in [2.24, 2.45) is 0 Å². The molecule has 2 N–H and O–H groups in total. The van der Waals surface area contributed by atoms with Crippen LogP contribution in [0.4, 0.5) is 0 Å². The fraction of sp³-hybridized carbons (Fsp3) is 0.688. The van der Waals surface area contributed by atoms with Crippen LogP contribution in [0.2, 0.25) is 0 Å². The van der Waals surface area contributed by atoms with E-state index in [-0.39, 0.29) is 0 Å². The number of rotatable bonds is 5. The van der Waals surface area contributed by atoms with Gasteiger partial charge in [-0.25, -0.2) is 0 Å². The van der Waals surface area contributed by atoms with Gasteiger partial charge in [0.05, 0.1) is 0 Å². The Morgan fingerprint density at radius 2 is 2.17 bits per heavy atom. The Hall–Kier alpha value is -0.820. The zero-order chi connectivity index (χ0) is 12.4. The van der Waals surface area contributed by atoms with Gasteiger partial charge in [-0.15, -0.1) is 5.73 Å². The molecule has 0 amide bonds. The standard InChI is InChI=1S/C16H24N2/c1-2-17-14-8-5-9-15(12-14)18-16(10-11-16)13-6-3-4-7-13/h3,6-7,14-15,17-18H,2,5,8-12H2,1H3. The Morgan fingerprint density at radius 1 is 1.33 bits per heavy atom. The second-order valence-electron chi connectivity index (χ2n) is 5.94. The minimum absolute atomic E-state index is 0.304. The fourth-order valence-electron chi connectivity index (χ4n) is 3.45. The molecular formula is C16H24N2. The molecular weight excluding hydrogens is 220 g/mol. The van der Waals surface area contributed by atoms with Crippen molar-refractivity contribution in [1.82, 2.24) is 10.6 Å². The third-order valence-electron chi connectivity index (χ3n) is 4.55. The van der Waals surface area contributed by atoms with E-state index < -0.39 is 0 Å². The first-order valence-corrected chi connectivity index (χ1v) is 7.47. The van der Waals surface area contributed by atoms with Crippen LogP contribution < -0.4 is 10.6 Å². The molecule has 0 aromatic carbocycles. The average molecular weight is 244 g/mol. The van der Waals surface area contributed by atoms with Gasteiger partial charge >= 0.3 is 0 Å². The Kier molecular flexibility index (Phi) is 3.43. The van der Waals surface area contributed by atoms with E-state index in [9.17, 15) is 0 Å². The largest absolute Gasteiger partial charge is 0.314 e. The zero-order valence-electron chi connectivity index (χ0n) is 11.3. The molecule has 3 aliphatic carbocycles. The van der Waals surface area contributed by atoms with Crippen molar-refractivity contribution in [3.05, 3.63) is 29.5 Å². The molecule has 2 unspecified atom stereocenters. The van der Waals surface area contributed by atoms with E-state index in [1.54, 1.807) is 0 Å². The van der Waals surface area contributed by atoms with E-state index >= 15 is 0 Å². The molecule has 0 bridgehead atoms. The van der Waals surface area contributed by atoms with Gasteiger partial charge in [0, 0.05) is 17.6 Å². The number of nitrogens with one attached hydrogen (secondary N) is 2. The molecule has 0 spiro atoms. The lowest BCUT2D eigenvalue weighted by molar-refractivity contribution is 0.289. The first kappa shape index (κ1) is 12.2. The second kappa shape index (κ2) is 5.05. The maximum absolute atomic E-state index is 3.94. The van der Waals surface area contributed by atoms with Crippen molar-refractivity contribution < 1.29 is 0 Å². The number of hydrogen-bond donors (Lipinski definition) is 2. The number of hydrogen-bond acceptors (Lipinski definition) is 2. The van der Waals surface area contributed by atoms with Crippen LogP contribution in [0.3, 0.4) is 0 Å². The normalized spacial score (nSPS) is 32.6. The summed E-state index contributed by atoms with van der Waals surface area (Å²) < 4.78 is 0. The molecule has 0 heterocycles. The molecule has 2 nitrogen and oxygen atoms in total. The molecule has 98 valence electrons. The van der Waals surface area contributed by atoms with Gasteiger partial charge in [0.15, 0.2) is 0 Å². The SMILES string of the molecule is CCNC1CCCC(NC2(C3=CC=C=C3)CC2)C1. The van der Waals surface area contributed by atoms with Crippen molar-refractivity contribution in [3.63, 3.8) is 0 Å². The van der Waals surface area contributed by atoms with Crippen molar-refractivity contribution in [2.75, 3.05) is 6.54 Å². The van der Waals surface area contributed by atoms with Gasteiger partial charge in [-0.2, -0.15) is 0 Å². The van der Waals surface area contributed by atoms with Crippen molar-refractivity contribution in [3.8, 4) is 0 Å². The van der Waals surface area contributed by atoms with Crippen LogP contribution in [0.1, 0.15) is 45.4 Å². The summed E-state index contributed by atoms with van der Waals surface area (Å²) in [6, 6.07) is 1.42. The molecule has 3 aliphatic rings. The molecule has 0 aromatic heterocycles. The molecule has 0 saturated heterocycles. The van der Waals surface area contributed by atoms with E-state index in [2.05, 4.69) is 35.4 Å². The van der Waals surface area contributed by atoms with Crippen LogP contribution in [-0.2, 0) is 0 Å². The first-order valence-electron chi connectivity index (χ1n) is 7.47. The van der Waals surface area contributed by atoms with Crippen LogP contribution in [0, 0.1) is 0 Å². The summed E-state index contributed by atoms with van der Waals surface area (Å²) in [4.78, 5) is 0. The van der Waals surface area contributed by atoms with Crippen LogP contribution in [0.5, 0.6) is 0 Å². The van der Waals surface area contributed by atoms with Gasteiger partial charge < -0.3 is 10.6 Å². The van der Waals surface area contributed by atoms with Gasteiger partial charge in [0.1, 0.15) is 0 Å². The van der Waals surface area contributed by atoms with Crippen molar-refractivity contribution >= 4 is 0 Å². The van der Waals surface area contributed by atoms with Crippen LogP contribution >= 0.6 is 0 Å². The summed E-state index contributed by atoms with van der Waals surface area (Å²) >= 11 is 0. The lowest BCUT2D eigenvalue weighted by atomic mass is 9.89. The molecule has 18 heavy (non-hydrogen) atoms. The van der Waals surface area contributed by atoms with E-state index in [1.807, 2.05) is 6.08 Å². The maximum Gasteiger partial charge on any atom is 0.0444 e. The summed E-state index contributed by atoms with van der Waals surface area (Å²) in [6.07, 6.45) is 14.4. The summed E-state index contributed by atoms with van der Waals surface area (Å²) in [5.74, 6) is 0. The lowest BCUT2D eigenvalue weighted by Gasteiger charge is -2.33. The second-order valence-corrected chi connectivity index (χ2v) is 5.94. The van der Waals surface area contributed by atoms with Gasteiger partial charge in [-0.05, 0) is 62.5 Å². The summed E-state index contributed by atoms with van der Waals surface area (Å²) in [7, 11) is 0. The molecule has 2 atom stereocenters. The van der Waals surface area contributed by atoms with E-state index in [4.69, 9.17) is 0 Å². The summed E-state index contributed by atoms with van der Waals surface area (Å²) in [6.45, 7) is 3.31. The maximum atomic E-state index is 3.94. The van der Waals surface area contributed by atoms with Crippen LogP contribution in [-0.4, -0.2) is 24.2 Å². The molecule has 3 rings (SSSR count). The monoisotopic (exact) mass is 244 g/mol. The van der Waals surface area contributed by atoms with Gasteiger partial charge in [0.2, 0.25) is 0 Å². The van der Waals surface area contributed by atoms with E-state index in [1.165, 1.54) is 44.1 Å². The van der Waals surface area contributed by atoms with Gasteiger partial charge in [0.25, 0.3) is 0 Å². The minimum Gasteiger partial charge on any atom is -0.314 e. The first-order chi connectivity index (χ1) is 8.82. The molecule has 2 fully saturated rings. The van der Waals surface area contributed by atoms with Crippen molar-refractivity contribution in [2.45, 2.75) is 63.1 Å². The highest BCUT2D eigenvalue weighted by atomic mass is 15.1. The fourth-order valence-corrected chi connectivity index (χ4v) is 3.45. The average Bonchev–Trinajstić information content (AvgIpc) is 2.93. The Morgan fingerprint density at radius 3 is 2.83 bits per heavy atom. The van der Waals surface area contributed by atoms with Gasteiger partial charge in [-0.1, -0.05) is 13.3 Å². The predicted molar refractivity (Wildman–Crippen MR) is 75.6 cm³/mol. The highest BCUT2D eigenvalue weighted by Crippen LogP contribution is 2.44. The van der Waals surface area contributed by atoms with E-state index in [0.29, 0.717) is 11.6 Å². The topological polar surface area (TPSA) is 24.1 Å². The van der Waals surface area contributed by atoms with Gasteiger partial charge in [-0.3, -0.25) is 0 Å². The Labute approximate surface area is 110 Å². The third-order valence-corrected chi connectivity index (χ3v) is 4.55. The molecule has 0 radical (unpaired) electrons. The Balaban J connectivity index is 1.58. The quantitative estimate of drug-likeness (QED) is 0.727. The van der Waals surface area contributed by atoms with E-state index in [0.717, 1.165) is 12.6 Å². The highest BCUT2D eigenvalue weighted by molar-refractivity contribution is 5.43. The number of allylic oxidation sites excluding steroid dienone is 1. The lowest BCUT2D eigenvalue weighted by Crippen LogP contribution is -2.47. The minimum atomic E-state index is 0.304. The molecule has 2 heteroatoms. The summed E-state index contributed by atoms with van der Waals surface area (Å²) in [5, 5.41) is 7.55. The molecule has 0 aromatic rings. The predicted octanol–water partition coefficient (Wildman–Crippen LogP) is 2.68. The summed E-state index contributed by atoms with van der Waals surface area (Å²) in [5.41, 5.74) is 4.95. The van der Waals surface area contributed by atoms with Crippen molar-refractivity contribution in [1.29, 1.82) is 0 Å².